The molecule has 1 aliphatic carbocycles. The van der Waals surface area contributed by atoms with Crippen LogP contribution in [-0.4, -0.2) is 41.5 Å². The summed E-state index contributed by atoms with van der Waals surface area (Å²) in [6.07, 6.45) is -1.30. The number of aliphatic hydroxyl groups is 1. The predicted octanol–water partition coefficient (Wildman–Crippen LogP) is 4.27. The van der Waals surface area contributed by atoms with Gasteiger partial charge in [-0.2, -0.15) is 4.98 Å². The average Bonchev–Trinajstić information content (AvgIpc) is 3.22. The van der Waals surface area contributed by atoms with Gasteiger partial charge in [-0.25, -0.2) is 0 Å². The predicted molar refractivity (Wildman–Crippen MR) is 127 cm³/mol. The van der Waals surface area contributed by atoms with E-state index in [9.17, 15) is 15.0 Å². The monoisotopic (exact) mass is 525 g/mol. The minimum atomic E-state index is -1.30. The molecule has 1 fully saturated rings. The van der Waals surface area contributed by atoms with Gasteiger partial charge in [-0.3, -0.25) is 4.79 Å². The maximum atomic E-state index is 12.7. The van der Waals surface area contributed by atoms with Crippen LogP contribution in [0.5, 0.6) is 17.5 Å². The summed E-state index contributed by atoms with van der Waals surface area (Å²) in [5.74, 6) is -1.98. The first-order valence-electron chi connectivity index (χ1n) is 10.8. The lowest BCUT2D eigenvalue weighted by atomic mass is 9.65. The second-order valence-corrected chi connectivity index (χ2v) is 9.71. The lowest BCUT2D eigenvalue weighted by Crippen LogP contribution is -2.50. The van der Waals surface area contributed by atoms with Crippen molar-refractivity contribution in [3.05, 3.63) is 81.8 Å². The Morgan fingerprint density at radius 3 is 2.35 bits per heavy atom. The molecule has 176 valence electrons. The van der Waals surface area contributed by atoms with Crippen LogP contribution in [-0.2, 0) is 15.8 Å². The Bertz CT molecular complexity index is 1250. The number of pyridine rings is 1. The van der Waals surface area contributed by atoms with E-state index in [1.165, 1.54) is 14.2 Å². The number of aliphatic carboxylic acids is 1. The summed E-state index contributed by atoms with van der Waals surface area (Å²) < 4.78 is 18.7. The summed E-state index contributed by atoms with van der Waals surface area (Å²) in [4.78, 5) is 17.1. The molecule has 8 heteroatoms. The number of carboxylic acid groups (broad SMARTS) is 1. The van der Waals surface area contributed by atoms with Gasteiger partial charge in [0.25, 0.3) is 0 Å². The lowest BCUT2D eigenvalue weighted by Gasteiger charge is -2.42. The molecule has 5 atom stereocenters. The molecule has 0 radical (unpaired) electrons. The minimum Gasteiger partial charge on any atom is -0.481 e. The van der Waals surface area contributed by atoms with Crippen LogP contribution in [0.1, 0.15) is 29.5 Å². The number of ether oxygens (including phenoxy) is 3. The van der Waals surface area contributed by atoms with Gasteiger partial charge in [-0.1, -0.05) is 58.4 Å². The zero-order chi connectivity index (χ0) is 24.3. The highest BCUT2D eigenvalue weighted by Gasteiger charge is 2.76. The van der Waals surface area contributed by atoms with E-state index < -0.39 is 34.9 Å². The number of rotatable bonds is 5. The second-order valence-electron chi connectivity index (χ2n) is 8.79. The van der Waals surface area contributed by atoms with Crippen LogP contribution in [0.2, 0.25) is 0 Å². The van der Waals surface area contributed by atoms with Crippen molar-refractivity contribution >= 4 is 21.9 Å². The Kier molecular flexibility index (Phi) is 5.33. The quantitative estimate of drug-likeness (QED) is 0.513. The van der Waals surface area contributed by atoms with E-state index in [0.29, 0.717) is 17.2 Å². The molecule has 3 aromatic rings. The highest BCUT2D eigenvalue weighted by Crippen LogP contribution is 2.70. The van der Waals surface area contributed by atoms with Gasteiger partial charge in [0.05, 0.1) is 37.2 Å². The number of methoxy groups -OCH3 is 2. The third-order valence-electron chi connectivity index (χ3n) is 7.34. The van der Waals surface area contributed by atoms with E-state index in [-0.39, 0.29) is 5.88 Å². The maximum absolute atomic E-state index is 12.7. The molecule has 5 rings (SSSR count). The number of aliphatic hydroxyl groups excluding tert-OH is 1. The molecule has 34 heavy (non-hydrogen) atoms. The molecule has 0 amide bonds. The number of carboxylic acids is 1. The first kappa shape index (κ1) is 22.7. The van der Waals surface area contributed by atoms with Crippen molar-refractivity contribution in [2.24, 2.45) is 5.92 Å². The summed E-state index contributed by atoms with van der Waals surface area (Å²) in [7, 11) is 2.98. The number of fused-ring (bicyclic) bond motifs is 3. The molecule has 7 nitrogen and oxygen atoms in total. The molecule has 1 aliphatic heterocycles. The van der Waals surface area contributed by atoms with Gasteiger partial charge in [0, 0.05) is 16.5 Å². The normalized spacial score (nSPS) is 29.1. The van der Waals surface area contributed by atoms with Crippen LogP contribution in [0.4, 0.5) is 0 Å². The van der Waals surface area contributed by atoms with E-state index in [2.05, 4.69) is 20.9 Å². The summed E-state index contributed by atoms with van der Waals surface area (Å²) in [6.45, 7) is 1.83. The molecule has 2 aliphatic rings. The topological polar surface area (TPSA) is 98.1 Å². The molecule has 1 aromatic heterocycles. The Hall–Kier alpha value is -3.10. The van der Waals surface area contributed by atoms with Gasteiger partial charge in [-0.05, 0) is 30.2 Å². The van der Waals surface area contributed by atoms with Crippen LogP contribution in [0.25, 0.3) is 0 Å². The number of hydrogen-bond donors (Lipinski definition) is 2. The Morgan fingerprint density at radius 1 is 1.09 bits per heavy atom. The van der Waals surface area contributed by atoms with E-state index >= 15 is 0 Å². The maximum Gasteiger partial charge on any atom is 0.309 e. The smallest absolute Gasteiger partial charge is 0.309 e. The molecule has 2 heterocycles. The molecule has 1 saturated carbocycles. The standard InChI is InChI=1S/C26H24BrNO6/c1-25-21-17(13-18(32-2)28-23(21)33-3)34-26(25,15-9-11-16(27)12-10-15)20(14-7-5-4-6-8-14)19(22(25)29)24(30)31/h4-13,19-20,22,29H,1-3H3,(H,30,31)/t19-,20-,22-,25-,26+/m1/s1. The number of benzene rings is 2. The number of nitrogens with zero attached hydrogens (tertiary/aromatic N) is 1. The Balaban J connectivity index is 1.89. The fraction of sp³-hybridized carbons (Fsp3) is 0.308. The van der Waals surface area contributed by atoms with E-state index in [0.717, 1.165) is 15.6 Å². The molecule has 0 unspecified atom stereocenters. The number of aromatic nitrogens is 1. The highest BCUT2D eigenvalue weighted by molar-refractivity contribution is 9.10. The molecule has 2 aromatic carbocycles. The molecule has 2 N–H and O–H groups in total. The van der Waals surface area contributed by atoms with Crippen molar-refractivity contribution in [3.8, 4) is 17.5 Å². The van der Waals surface area contributed by atoms with Gasteiger partial charge in [0.2, 0.25) is 11.8 Å². The van der Waals surface area contributed by atoms with E-state index in [1.807, 2.05) is 61.5 Å². The van der Waals surface area contributed by atoms with Gasteiger partial charge in [0.15, 0.2) is 5.60 Å². The van der Waals surface area contributed by atoms with Crippen LogP contribution in [0.3, 0.4) is 0 Å². The van der Waals surface area contributed by atoms with Gasteiger partial charge in [0.1, 0.15) is 5.75 Å². The van der Waals surface area contributed by atoms with Crippen molar-refractivity contribution in [2.45, 2.75) is 30.0 Å². The zero-order valence-corrected chi connectivity index (χ0v) is 20.4. The number of halogens is 1. The van der Waals surface area contributed by atoms with Gasteiger partial charge in [-0.15, -0.1) is 0 Å². The van der Waals surface area contributed by atoms with Gasteiger partial charge >= 0.3 is 5.97 Å². The number of hydrogen-bond acceptors (Lipinski definition) is 6. The fourth-order valence-corrected chi connectivity index (χ4v) is 6.18. The van der Waals surface area contributed by atoms with Crippen molar-refractivity contribution in [1.29, 1.82) is 0 Å². The van der Waals surface area contributed by atoms with Crippen LogP contribution < -0.4 is 14.2 Å². The molecular formula is C26H24BrNO6. The average molecular weight is 526 g/mol. The Morgan fingerprint density at radius 2 is 1.76 bits per heavy atom. The second kappa shape index (κ2) is 7.99. The van der Waals surface area contributed by atoms with Crippen molar-refractivity contribution in [2.75, 3.05) is 14.2 Å². The molecule has 0 spiro atoms. The zero-order valence-electron chi connectivity index (χ0n) is 18.9. The van der Waals surface area contributed by atoms with Gasteiger partial charge < -0.3 is 24.4 Å². The summed E-state index contributed by atoms with van der Waals surface area (Å²) in [6, 6.07) is 18.6. The Labute approximate surface area is 205 Å². The molecule has 0 saturated heterocycles. The third kappa shape index (κ3) is 2.85. The van der Waals surface area contributed by atoms with Crippen LogP contribution in [0.15, 0.2) is 65.1 Å². The first-order valence-corrected chi connectivity index (χ1v) is 11.6. The fourth-order valence-electron chi connectivity index (χ4n) is 5.92. The highest BCUT2D eigenvalue weighted by atomic mass is 79.9. The largest absolute Gasteiger partial charge is 0.481 e. The first-order chi connectivity index (χ1) is 16.3. The summed E-state index contributed by atoms with van der Waals surface area (Å²) in [5.41, 5.74) is -0.443. The van der Waals surface area contributed by atoms with Crippen molar-refractivity contribution in [1.82, 2.24) is 4.98 Å². The van der Waals surface area contributed by atoms with Crippen LogP contribution >= 0.6 is 15.9 Å². The summed E-state index contributed by atoms with van der Waals surface area (Å²) >= 11 is 3.48. The number of carbonyl (C=O) groups is 1. The minimum absolute atomic E-state index is 0.229. The van der Waals surface area contributed by atoms with Crippen molar-refractivity contribution in [3.63, 3.8) is 0 Å². The third-order valence-corrected chi connectivity index (χ3v) is 7.87. The van der Waals surface area contributed by atoms with Crippen molar-refractivity contribution < 1.29 is 29.2 Å². The molecule has 0 bridgehead atoms. The lowest BCUT2D eigenvalue weighted by molar-refractivity contribution is -0.146. The van der Waals surface area contributed by atoms with E-state index in [4.69, 9.17) is 14.2 Å². The summed E-state index contributed by atoms with van der Waals surface area (Å²) in [5, 5.41) is 22.2. The van der Waals surface area contributed by atoms with E-state index in [1.54, 1.807) is 6.07 Å². The van der Waals surface area contributed by atoms with Crippen LogP contribution in [0, 0.1) is 5.92 Å². The SMILES string of the molecule is COc1cc2c(c(OC)n1)[C@]1(C)[C@H](O)[C@H](C(=O)O)[C@@H](c3ccccc3)[C@]1(c1ccc(Br)cc1)O2. The molecular weight excluding hydrogens is 502 g/mol.